The third-order valence-electron chi connectivity index (χ3n) is 2.65. The summed E-state index contributed by atoms with van der Waals surface area (Å²) in [6.45, 7) is 0.596. The van der Waals surface area contributed by atoms with E-state index >= 15 is 0 Å². The average Bonchev–Trinajstić information content (AvgIpc) is 2.37. The summed E-state index contributed by atoms with van der Waals surface area (Å²) in [6, 6.07) is 7.78. The Bertz CT molecular complexity index is 489. The summed E-state index contributed by atoms with van der Waals surface area (Å²) in [5.41, 5.74) is 0.717. The summed E-state index contributed by atoms with van der Waals surface area (Å²) in [5, 5.41) is 8.64. The first-order valence-corrected chi connectivity index (χ1v) is 6.18. The molecule has 0 aromatic heterocycles. The number of nitrogens with zero attached hydrogens (tertiary/aromatic N) is 2. The third-order valence-corrected chi connectivity index (χ3v) is 2.65. The molecule has 1 aromatic rings. The second kappa shape index (κ2) is 7.06. The second-order valence-electron chi connectivity index (χ2n) is 4.44. The molecule has 1 rings (SSSR count). The number of benzene rings is 1. The molecule has 0 saturated heterocycles. The molecule has 20 heavy (non-hydrogen) atoms. The topological polar surface area (TPSA) is 44.1 Å². The number of ketones is 1. The number of carbonyl (C=O) groups is 1. The summed E-state index contributed by atoms with van der Waals surface area (Å²) in [6.07, 6.45) is -3.78. The predicted octanol–water partition coefficient (Wildman–Crippen LogP) is 3.02. The normalized spacial score (nSPS) is 11.4. The molecular formula is C14H15F3N2O. The maximum atomic E-state index is 12.4. The Morgan fingerprint density at radius 2 is 1.90 bits per heavy atom. The predicted molar refractivity (Wildman–Crippen MR) is 68.3 cm³/mol. The maximum Gasteiger partial charge on any atom is 0.401 e. The van der Waals surface area contributed by atoms with Crippen molar-refractivity contribution in [3.05, 3.63) is 35.4 Å². The van der Waals surface area contributed by atoms with Crippen LogP contribution in [0, 0.1) is 11.3 Å². The van der Waals surface area contributed by atoms with Crippen LogP contribution < -0.4 is 0 Å². The maximum absolute atomic E-state index is 12.4. The largest absolute Gasteiger partial charge is 0.401 e. The SMILES string of the molecule is CCCN(CC(=O)c1ccc(C#N)cc1)CC(F)(F)F. The van der Waals surface area contributed by atoms with Gasteiger partial charge in [-0.3, -0.25) is 9.69 Å². The van der Waals surface area contributed by atoms with Gasteiger partial charge in [0.1, 0.15) is 0 Å². The van der Waals surface area contributed by atoms with Gasteiger partial charge >= 0.3 is 6.18 Å². The fraction of sp³-hybridized carbons (Fsp3) is 0.429. The van der Waals surface area contributed by atoms with Crippen molar-refractivity contribution in [2.75, 3.05) is 19.6 Å². The summed E-state index contributed by atoms with van der Waals surface area (Å²) < 4.78 is 37.2. The van der Waals surface area contributed by atoms with Crippen LogP contribution in [0.5, 0.6) is 0 Å². The summed E-state index contributed by atoms with van der Waals surface area (Å²) in [5.74, 6) is -0.382. The highest BCUT2D eigenvalue weighted by atomic mass is 19.4. The fourth-order valence-electron chi connectivity index (χ4n) is 1.81. The minimum Gasteiger partial charge on any atom is -0.293 e. The molecule has 0 amide bonds. The van der Waals surface area contributed by atoms with Gasteiger partial charge in [0.05, 0.1) is 24.7 Å². The van der Waals surface area contributed by atoms with Gasteiger partial charge in [-0.15, -0.1) is 0 Å². The summed E-state index contributed by atoms with van der Waals surface area (Å²) in [4.78, 5) is 13.0. The Labute approximate surface area is 115 Å². The van der Waals surface area contributed by atoms with Crippen molar-refractivity contribution in [3.8, 4) is 6.07 Å². The van der Waals surface area contributed by atoms with E-state index < -0.39 is 12.7 Å². The van der Waals surface area contributed by atoms with Crippen LogP contribution >= 0.6 is 0 Å². The molecule has 0 bridgehead atoms. The molecule has 0 N–H and O–H groups in total. The highest BCUT2D eigenvalue weighted by Crippen LogP contribution is 2.17. The van der Waals surface area contributed by atoms with E-state index in [0.717, 1.165) is 4.90 Å². The van der Waals surface area contributed by atoms with Crippen LogP contribution in [-0.2, 0) is 0 Å². The number of alkyl halides is 3. The number of rotatable bonds is 6. The zero-order chi connectivity index (χ0) is 15.2. The molecule has 0 aliphatic heterocycles. The van der Waals surface area contributed by atoms with Gasteiger partial charge in [-0.25, -0.2) is 0 Å². The lowest BCUT2D eigenvalue weighted by molar-refractivity contribution is -0.144. The van der Waals surface area contributed by atoms with E-state index in [9.17, 15) is 18.0 Å². The Kier molecular flexibility index (Phi) is 5.71. The molecule has 0 spiro atoms. The molecule has 1 aromatic carbocycles. The van der Waals surface area contributed by atoms with E-state index in [-0.39, 0.29) is 18.9 Å². The van der Waals surface area contributed by atoms with E-state index in [1.165, 1.54) is 24.3 Å². The molecular weight excluding hydrogens is 269 g/mol. The van der Waals surface area contributed by atoms with Crippen LogP contribution in [0.3, 0.4) is 0 Å². The Hall–Kier alpha value is -1.87. The first kappa shape index (κ1) is 16.2. The average molecular weight is 284 g/mol. The lowest BCUT2D eigenvalue weighted by Gasteiger charge is -2.22. The number of Topliss-reactive ketones (excluding diaryl/α,β-unsaturated/α-hetero) is 1. The molecule has 6 heteroatoms. The quantitative estimate of drug-likeness (QED) is 0.754. The number of halogens is 3. The van der Waals surface area contributed by atoms with Gasteiger partial charge in [-0.05, 0) is 25.1 Å². The van der Waals surface area contributed by atoms with Crippen LogP contribution in [0.2, 0.25) is 0 Å². The van der Waals surface area contributed by atoms with E-state index in [1.807, 2.05) is 6.07 Å². The van der Waals surface area contributed by atoms with Crippen molar-refractivity contribution < 1.29 is 18.0 Å². The highest BCUT2D eigenvalue weighted by molar-refractivity contribution is 5.97. The lowest BCUT2D eigenvalue weighted by Crippen LogP contribution is -2.38. The molecule has 0 saturated carbocycles. The van der Waals surface area contributed by atoms with Gasteiger partial charge in [0.2, 0.25) is 0 Å². The minimum atomic E-state index is -4.32. The second-order valence-corrected chi connectivity index (χ2v) is 4.44. The monoisotopic (exact) mass is 284 g/mol. The molecule has 0 aliphatic carbocycles. The smallest absolute Gasteiger partial charge is 0.293 e. The summed E-state index contributed by atoms with van der Waals surface area (Å²) in [7, 11) is 0. The first-order valence-electron chi connectivity index (χ1n) is 6.18. The fourth-order valence-corrected chi connectivity index (χ4v) is 1.81. The van der Waals surface area contributed by atoms with Crippen LogP contribution in [0.25, 0.3) is 0 Å². The van der Waals surface area contributed by atoms with E-state index in [2.05, 4.69) is 0 Å². The van der Waals surface area contributed by atoms with E-state index in [0.29, 0.717) is 17.5 Å². The number of carbonyl (C=O) groups excluding carboxylic acids is 1. The molecule has 0 atom stereocenters. The van der Waals surface area contributed by atoms with Crippen molar-refractivity contribution in [1.82, 2.24) is 4.90 Å². The molecule has 3 nitrogen and oxygen atoms in total. The van der Waals surface area contributed by atoms with Crippen LogP contribution in [0.1, 0.15) is 29.3 Å². The number of nitriles is 1. The number of hydrogen-bond acceptors (Lipinski definition) is 3. The van der Waals surface area contributed by atoms with Crippen molar-refractivity contribution in [3.63, 3.8) is 0 Å². The van der Waals surface area contributed by atoms with Crippen molar-refractivity contribution in [2.45, 2.75) is 19.5 Å². The van der Waals surface area contributed by atoms with E-state index in [4.69, 9.17) is 5.26 Å². The molecule has 108 valence electrons. The molecule has 0 heterocycles. The Morgan fingerprint density at radius 3 is 2.35 bits per heavy atom. The zero-order valence-electron chi connectivity index (χ0n) is 11.1. The van der Waals surface area contributed by atoms with Gasteiger partial charge in [0.15, 0.2) is 5.78 Å². The molecule has 0 radical (unpaired) electrons. The molecule has 0 unspecified atom stereocenters. The Balaban J connectivity index is 2.72. The van der Waals surface area contributed by atoms with Gasteiger partial charge < -0.3 is 0 Å². The third kappa shape index (κ3) is 5.41. The van der Waals surface area contributed by atoms with Gasteiger partial charge in [0, 0.05) is 5.56 Å². The molecule has 0 aliphatic rings. The van der Waals surface area contributed by atoms with Gasteiger partial charge in [-0.1, -0.05) is 19.1 Å². The van der Waals surface area contributed by atoms with Crippen molar-refractivity contribution >= 4 is 5.78 Å². The minimum absolute atomic E-state index is 0.210. The van der Waals surface area contributed by atoms with E-state index in [1.54, 1.807) is 6.92 Å². The highest BCUT2D eigenvalue weighted by Gasteiger charge is 2.31. The first-order chi connectivity index (χ1) is 9.35. The molecule has 0 fully saturated rings. The van der Waals surface area contributed by atoms with Gasteiger partial charge in [-0.2, -0.15) is 18.4 Å². The van der Waals surface area contributed by atoms with Crippen molar-refractivity contribution in [1.29, 1.82) is 5.26 Å². The Morgan fingerprint density at radius 1 is 1.30 bits per heavy atom. The number of hydrogen-bond donors (Lipinski definition) is 0. The zero-order valence-corrected chi connectivity index (χ0v) is 11.1. The van der Waals surface area contributed by atoms with Crippen LogP contribution in [-0.4, -0.2) is 36.5 Å². The van der Waals surface area contributed by atoms with Crippen LogP contribution in [0.4, 0.5) is 13.2 Å². The van der Waals surface area contributed by atoms with Gasteiger partial charge in [0.25, 0.3) is 0 Å². The summed E-state index contributed by atoms with van der Waals surface area (Å²) >= 11 is 0. The standard InChI is InChI=1S/C14H15F3N2O/c1-2-7-19(10-14(15,16)17)9-13(20)12-5-3-11(8-18)4-6-12/h3-6H,2,7,9-10H2,1H3. The lowest BCUT2D eigenvalue weighted by atomic mass is 10.1. The van der Waals surface area contributed by atoms with Crippen molar-refractivity contribution in [2.24, 2.45) is 0 Å². The van der Waals surface area contributed by atoms with Crippen LogP contribution in [0.15, 0.2) is 24.3 Å².